The first-order valence-corrected chi connectivity index (χ1v) is 8.69. The summed E-state index contributed by atoms with van der Waals surface area (Å²) in [6.45, 7) is 4.90. The van der Waals surface area contributed by atoms with E-state index >= 15 is 0 Å². The first-order chi connectivity index (χ1) is 12.0. The van der Waals surface area contributed by atoms with E-state index in [-0.39, 0.29) is 17.6 Å². The quantitative estimate of drug-likeness (QED) is 0.723. The summed E-state index contributed by atoms with van der Waals surface area (Å²) < 4.78 is 19.5. The first kappa shape index (κ1) is 15.9. The van der Waals surface area contributed by atoms with E-state index < -0.39 is 0 Å². The molecule has 0 radical (unpaired) electrons. The number of aromatic nitrogens is 4. The van der Waals surface area contributed by atoms with E-state index in [0.29, 0.717) is 24.3 Å². The molecule has 2 aromatic heterocycles. The summed E-state index contributed by atoms with van der Waals surface area (Å²) in [5.41, 5.74) is 2.66. The van der Waals surface area contributed by atoms with Gasteiger partial charge in [0.05, 0.1) is 23.7 Å². The zero-order valence-corrected chi connectivity index (χ0v) is 14.6. The number of hydrogen-bond donors (Lipinski definition) is 0. The van der Waals surface area contributed by atoms with Gasteiger partial charge in [-0.1, -0.05) is 11.3 Å². The molecule has 25 heavy (non-hydrogen) atoms. The largest absolute Gasteiger partial charge is 0.337 e. The number of benzene rings is 1. The van der Waals surface area contributed by atoms with Crippen LogP contribution in [0.25, 0.3) is 5.69 Å². The Balaban J connectivity index is 1.46. The zero-order chi connectivity index (χ0) is 17.6. The van der Waals surface area contributed by atoms with Crippen LogP contribution >= 0.6 is 11.5 Å². The van der Waals surface area contributed by atoms with Gasteiger partial charge in [0, 0.05) is 23.9 Å². The van der Waals surface area contributed by atoms with E-state index in [0.717, 1.165) is 16.1 Å². The SMILES string of the molecule is Cc1ccc(-n2cc(C3CN(C(=O)c4cnsc4C)C3)nn2)c(F)c1. The van der Waals surface area contributed by atoms with Gasteiger partial charge in [0.2, 0.25) is 0 Å². The third-order valence-corrected chi connectivity index (χ3v) is 5.13. The van der Waals surface area contributed by atoms with Gasteiger partial charge >= 0.3 is 0 Å². The Morgan fingerprint density at radius 3 is 2.80 bits per heavy atom. The number of carbonyl (C=O) groups excluding carboxylic acids is 1. The summed E-state index contributed by atoms with van der Waals surface area (Å²) in [5.74, 6) is -0.208. The number of nitrogens with zero attached hydrogens (tertiary/aromatic N) is 5. The van der Waals surface area contributed by atoms with E-state index in [2.05, 4.69) is 14.7 Å². The van der Waals surface area contributed by atoms with Crippen molar-refractivity contribution in [3.05, 3.63) is 58.1 Å². The molecule has 0 unspecified atom stereocenters. The van der Waals surface area contributed by atoms with Crippen LogP contribution in [-0.4, -0.2) is 43.3 Å². The lowest BCUT2D eigenvalue weighted by Gasteiger charge is -2.38. The van der Waals surface area contributed by atoms with Crippen LogP contribution < -0.4 is 0 Å². The van der Waals surface area contributed by atoms with Gasteiger partial charge in [0.25, 0.3) is 5.91 Å². The molecule has 1 saturated heterocycles. The Morgan fingerprint density at radius 1 is 1.32 bits per heavy atom. The molecule has 128 valence electrons. The topological polar surface area (TPSA) is 63.9 Å². The lowest BCUT2D eigenvalue weighted by Crippen LogP contribution is -2.48. The number of rotatable bonds is 3. The summed E-state index contributed by atoms with van der Waals surface area (Å²) >= 11 is 1.33. The van der Waals surface area contributed by atoms with Crippen molar-refractivity contribution in [3.63, 3.8) is 0 Å². The highest BCUT2D eigenvalue weighted by molar-refractivity contribution is 7.06. The monoisotopic (exact) mass is 357 g/mol. The standard InChI is InChI=1S/C17H16FN5OS/c1-10-3-4-16(14(18)5-10)23-9-15(20-21-23)12-7-22(8-12)17(24)13-6-19-25-11(13)2/h3-6,9,12H,7-8H2,1-2H3. The number of aryl methyl sites for hydroxylation is 2. The molecular weight excluding hydrogens is 341 g/mol. The average Bonchev–Trinajstić information content (AvgIpc) is 3.15. The second-order valence-corrected chi connectivity index (χ2v) is 7.25. The third-order valence-electron chi connectivity index (χ3n) is 4.43. The van der Waals surface area contributed by atoms with Crippen molar-refractivity contribution >= 4 is 17.4 Å². The number of hydrogen-bond acceptors (Lipinski definition) is 5. The number of likely N-dealkylation sites (tertiary alicyclic amines) is 1. The summed E-state index contributed by atoms with van der Waals surface area (Å²) in [6, 6.07) is 4.99. The second-order valence-electron chi connectivity index (χ2n) is 6.25. The summed E-state index contributed by atoms with van der Waals surface area (Å²) in [6.07, 6.45) is 3.35. The minimum absolute atomic E-state index is 0.000490. The van der Waals surface area contributed by atoms with Gasteiger partial charge in [-0.3, -0.25) is 4.79 Å². The van der Waals surface area contributed by atoms with E-state index in [1.54, 1.807) is 23.4 Å². The van der Waals surface area contributed by atoms with Crippen LogP contribution in [0.5, 0.6) is 0 Å². The summed E-state index contributed by atoms with van der Waals surface area (Å²) in [7, 11) is 0. The molecule has 6 nitrogen and oxygen atoms in total. The Hall–Kier alpha value is -2.61. The highest BCUT2D eigenvalue weighted by Gasteiger charge is 2.35. The molecule has 0 atom stereocenters. The molecule has 1 amide bonds. The van der Waals surface area contributed by atoms with Crippen molar-refractivity contribution in [1.29, 1.82) is 0 Å². The molecule has 3 heterocycles. The Labute approximate surface area is 148 Å². The van der Waals surface area contributed by atoms with Crippen LogP contribution in [0.1, 0.15) is 32.4 Å². The Kier molecular flexibility index (Phi) is 3.84. The second kappa shape index (κ2) is 6.03. The van der Waals surface area contributed by atoms with Gasteiger partial charge in [0.15, 0.2) is 0 Å². The molecule has 1 aliphatic heterocycles. The van der Waals surface area contributed by atoms with Gasteiger partial charge in [-0.15, -0.1) is 5.10 Å². The first-order valence-electron chi connectivity index (χ1n) is 7.92. The van der Waals surface area contributed by atoms with Gasteiger partial charge < -0.3 is 4.90 Å². The minimum atomic E-state index is -0.331. The summed E-state index contributed by atoms with van der Waals surface area (Å²) in [4.78, 5) is 15.1. The molecule has 0 spiro atoms. The maximum Gasteiger partial charge on any atom is 0.256 e. The van der Waals surface area contributed by atoms with Crippen LogP contribution in [0.4, 0.5) is 4.39 Å². The Bertz CT molecular complexity index is 944. The van der Waals surface area contributed by atoms with Crippen molar-refractivity contribution in [3.8, 4) is 5.69 Å². The smallest absolute Gasteiger partial charge is 0.256 e. The molecule has 8 heteroatoms. The van der Waals surface area contributed by atoms with E-state index in [4.69, 9.17) is 0 Å². The number of carbonyl (C=O) groups is 1. The van der Waals surface area contributed by atoms with Gasteiger partial charge in [-0.25, -0.2) is 13.4 Å². The molecule has 0 bridgehead atoms. The predicted molar refractivity (Wildman–Crippen MR) is 91.5 cm³/mol. The van der Waals surface area contributed by atoms with Gasteiger partial charge in [-0.2, -0.15) is 0 Å². The third kappa shape index (κ3) is 2.82. The van der Waals surface area contributed by atoms with Crippen LogP contribution in [0.15, 0.2) is 30.6 Å². The summed E-state index contributed by atoms with van der Waals surface area (Å²) in [5, 5.41) is 8.18. The van der Waals surface area contributed by atoms with E-state index in [1.165, 1.54) is 22.3 Å². The van der Waals surface area contributed by atoms with E-state index in [9.17, 15) is 9.18 Å². The molecule has 1 fully saturated rings. The van der Waals surface area contributed by atoms with Crippen LogP contribution in [0.3, 0.4) is 0 Å². The van der Waals surface area contributed by atoms with Crippen molar-refractivity contribution in [2.24, 2.45) is 0 Å². The predicted octanol–water partition coefficient (Wildman–Crippen LogP) is 2.72. The van der Waals surface area contributed by atoms with Crippen molar-refractivity contribution < 1.29 is 9.18 Å². The lowest BCUT2D eigenvalue weighted by atomic mass is 9.96. The molecule has 4 rings (SSSR count). The van der Waals surface area contributed by atoms with Crippen LogP contribution in [0, 0.1) is 19.7 Å². The minimum Gasteiger partial charge on any atom is -0.337 e. The fraction of sp³-hybridized carbons (Fsp3) is 0.294. The normalized spacial score (nSPS) is 14.6. The number of halogens is 1. The molecular formula is C17H16FN5OS. The molecule has 1 aromatic carbocycles. The molecule has 0 saturated carbocycles. The number of amides is 1. The Morgan fingerprint density at radius 2 is 2.12 bits per heavy atom. The van der Waals surface area contributed by atoms with Gasteiger partial charge in [0.1, 0.15) is 11.5 Å². The molecule has 3 aromatic rings. The van der Waals surface area contributed by atoms with Crippen molar-refractivity contribution in [1.82, 2.24) is 24.3 Å². The highest BCUT2D eigenvalue weighted by Crippen LogP contribution is 2.28. The average molecular weight is 357 g/mol. The lowest BCUT2D eigenvalue weighted by molar-refractivity contribution is 0.0598. The molecule has 0 aliphatic carbocycles. The highest BCUT2D eigenvalue weighted by atomic mass is 32.1. The van der Waals surface area contributed by atoms with Gasteiger partial charge in [-0.05, 0) is 43.1 Å². The van der Waals surface area contributed by atoms with Crippen LogP contribution in [0.2, 0.25) is 0 Å². The van der Waals surface area contributed by atoms with E-state index in [1.807, 2.05) is 19.9 Å². The molecule has 1 aliphatic rings. The maximum atomic E-state index is 14.1. The maximum absolute atomic E-state index is 14.1. The van der Waals surface area contributed by atoms with Crippen molar-refractivity contribution in [2.45, 2.75) is 19.8 Å². The fourth-order valence-corrected chi connectivity index (χ4v) is 3.44. The van der Waals surface area contributed by atoms with Crippen molar-refractivity contribution in [2.75, 3.05) is 13.1 Å². The molecule has 0 N–H and O–H groups in total. The zero-order valence-electron chi connectivity index (χ0n) is 13.8. The fourth-order valence-electron chi connectivity index (χ4n) is 2.89. The van der Waals surface area contributed by atoms with Crippen LogP contribution in [-0.2, 0) is 0 Å².